The number of carbonyl (C=O) groups is 1. The predicted molar refractivity (Wildman–Crippen MR) is 61.8 cm³/mol. The highest BCUT2D eigenvalue weighted by molar-refractivity contribution is 8.13. The summed E-state index contributed by atoms with van der Waals surface area (Å²) in [5, 5.41) is 0. The zero-order chi connectivity index (χ0) is 11.5. The van der Waals surface area contributed by atoms with Crippen molar-refractivity contribution in [3.8, 4) is 0 Å². The molecule has 94 valence electrons. The zero-order valence-electron chi connectivity index (χ0n) is 9.42. The van der Waals surface area contributed by atoms with E-state index >= 15 is 0 Å². The summed E-state index contributed by atoms with van der Waals surface area (Å²) in [5.41, 5.74) is -0.926. The Kier molecular flexibility index (Phi) is 3.21. The normalized spacial score (nSPS) is 36.2. The van der Waals surface area contributed by atoms with Crippen molar-refractivity contribution in [3.63, 3.8) is 0 Å². The molecule has 0 aliphatic heterocycles. The Bertz CT molecular complexity index is 415. The molecule has 0 amide bonds. The molecule has 2 bridgehead atoms. The first kappa shape index (κ1) is 13.9. The first-order valence-electron chi connectivity index (χ1n) is 5.15. The molecule has 2 saturated carbocycles. The summed E-state index contributed by atoms with van der Waals surface area (Å²) in [5.74, 6) is 0.237. The highest BCUT2D eigenvalue weighted by Gasteiger charge is 2.65. The minimum Gasteiger partial charge on any atom is -0.412 e. The summed E-state index contributed by atoms with van der Waals surface area (Å²) in [6.45, 7) is 4.00. The van der Waals surface area contributed by atoms with Gasteiger partial charge >= 0.3 is 0 Å². The van der Waals surface area contributed by atoms with Gasteiger partial charge in [-0.1, -0.05) is 13.8 Å². The van der Waals surface area contributed by atoms with Crippen molar-refractivity contribution in [2.24, 2.45) is 16.7 Å². The average Bonchev–Trinajstić information content (AvgIpc) is 2.34. The number of ketones is 1. The lowest BCUT2D eigenvalue weighted by molar-refractivity contribution is -0.128. The van der Waals surface area contributed by atoms with Gasteiger partial charge in [-0.2, -0.15) is 0 Å². The van der Waals surface area contributed by atoms with E-state index in [4.69, 9.17) is 10.7 Å². The molecule has 0 radical (unpaired) electrons. The first-order chi connectivity index (χ1) is 6.69. The largest absolute Gasteiger partial charge is 0.412 e. The van der Waals surface area contributed by atoms with Gasteiger partial charge in [0.1, 0.15) is 5.78 Å². The number of rotatable bonds is 2. The molecule has 2 atom stereocenters. The Hall–Kier alpha value is -0.130. The van der Waals surface area contributed by atoms with Gasteiger partial charge < -0.3 is 5.48 Å². The van der Waals surface area contributed by atoms with Crippen LogP contribution in [0.15, 0.2) is 0 Å². The first-order valence-corrected chi connectivity index (χ1v) is 7.62. The number of halogens is 1. The molecular weight excluding hydrogens is 252 g/mol. The molecule has 6 heteroatoms. The molecule has 0 spiro atoms. The maximum Gasteiger partial charge on any atom is 0.233 e. The molecule has 0 aromatic heterocycles. The Morgan fingerprint density at radius 3 is 2.31 bits per heavy atom. The molecule has 2 rings (SSSR count). The lowest BCUT2D eigenvalue weighted by Gasteiger charge is -2.35. The number of carbonyl (C=O) groups excluding carboxylic acids is 1. The number of hydrogen-bond donors (Lipinski definition) is 0. The van der Waals surface area contributed by atoms with E-state index in [2.05, 4.69) is 0 Å². The third-order valence-corrected chi connectivity index (χ3v) is 5.72. The lowest BCUT2D eigenvalue weighted by Crippen LogP contribution is -2.41. The minimum absolute atomic E-state index is 0. The number of hydrogen-bond acceptors (Lipinski definition) is 3. The van der Waals surface area contributed by atoms with Crippen LogP contribution in [0.4, 0.5) is 0 Å². The van der Waals surface area contributed by atoms with Crippen LogP contribution in [-0.4, -0.2) is 25.4 Å². The van der Waals surface area contributed by atoms with Crippen molar-refractivity contribution in [1.29, 1.82) is 0 Å². The molecule has 0 heterocycles. The van der Waals surface area contributed by atoms with Crippen LogP contribution in [-0.2, 0) is 13.8 Å². The molecule has 4 nitrogen and oxygen atoms in total. The summed E-state index contributed by atoms with van der Waals surface area (Å²) in [6.07, 6.45) is 2.15. The van der Waals surface area contributed by atoms with Gasteiger partial charge in [0.15, 0.2) is 0 Å². The van der Waals surface area contributed by atoms with Crippen molar-refractivity contribution < 1.29 is 18.7 Å². The van der Waals surface area contributed by atoms with Gasteiger partial charge in [0.05, 0.1) is 5.75 Å². The fourth-order valence-electron chi connectivity index (χ4n) is 3.40. The van der Waals surface area contributed by atoms with Crippen LogP contribution in [0.25, 0.3) is 0 Å². The highest BCUT2D eigenvalue weighted by atomic mass is 35.7. The standard InChI is InChI=1S/C10H15ClO3S.H2O/c1-9(2)7-3-4-10(9,8(12)5-7)6-15(11,13)14;/h7H,3-6H2,1-2H3;1H2/t7-,10-;/m0./s1. The fourth-order valence-corrected chi connectivity index (χ4v) is 5.23. The van der Waals surface area contributed by atoms with Crippen LogP contribution in [0.3, 0.4) is 0 Å². The number of Topliss-reactive ketones (excluding diaryl/α,β-unsaturated/α-hetero) is 1. The van der Waals surface area contributed by atoms with E-state index in [1.54, 1.807) is 0 Å². The van der Waals surface area contributed by atoms with Gasteiger partial charge in [-0.05, 0) is 24.2 Å². The quantitative estimate of drug-likeness (QED) is 0.704. The van der Waals surface area contributed by atoms with Gasteiger partial charge in [-0.3, -0.25) is 4.79 Å². The molecule has 2 aliphatic rings. The second-order valence-corrected chi connectivity index (χ2v) is 8.13. The summed E-state index contributed by atoms with van der Waals surface area (Å²) >= 11 is 0. The highest BCUT2D eigenvalue weighted by Crippen LogP contribution is 2.64. The molecule has 0 aromatic rings. The van der Waals surface area contributed by atoms with Crippen LogP contribution < -0.4 is 0 Å². The third kappa shape index (κ3) is 1.69. The van der Waals surface area contributed by atoms with Crippen molar-refractivity contribution in [3.05, 3.63) is 0 Å². The SMILES string of the molecule is CC1(C)[C@H]2CC[C@]1(CS(=O)(=O)Cl)C(=O)C2.O. The second-order valence-electron chi connectivity index (χ2n) is 5.35. The Morgan fingerprint density at radius 1 is 1.44 bits per heavy atom. The van der Waals surface area contributed by atoms with E-state index < -0.39 is 14.5 Å². The molecular formula is C10H17ClO4S. The lowest BCUT2D eigenvalue weighted by atomic mass is 9.70. The van der Waals surface area contributed by atoms with Crippen LogP contribution in [0, 0.1) is 16.7 Å². The van der Waals surface area contributed by atoms with E-state index in [-0.39, 0.29) is 22.4 Å². The summed E-state index contributed by atoms with van der Waals surface area (Å²) in [6, 6.07) is 0. The van der Waals surface area contributed by atoms with Crippen LogP contribution in [0.2, 0.25) is 0 Å². The van der Waals surface area contributed by atoms with E-state index in [0.717, 1.165) is 6.42 Å². The minimum atomic E-state index is -3.60. The fraction of sp³-hybridized carbons (Fsp3) is 0.900. The van der Waals surface area contributed by atoms with E-state index in [1.165, 1.54) is 0 Å². The summed E-state index contributed by atoms with van der Waals surface area (Å²) in [7, 11) is 1.71. The van der Waals surface area contributed by atoms with Gasteiger partial charge in [0.2, 0.25) is 9.05 Å². The van der Waals surface area contributed by atoms with Crippen molar-refractivity contribution in [2.45, 2.75) is 33.1 Å². The Labute approximate surface area is 100 Å². The van der Waals surface area contributed by atoms with E-state index in [9.17, 15) is 13.2 Å². The maximum atomic E-state index is 11.9. The van der Waals surface area contributed by atoms with Gasteiger partial charge in [0, 0.05) is 22.5 Å². The molecule has 2 aliphatic carbocycles. The molecule has 0 unspecified atom stereocenters. The monoisotopic (exact) mass is 268 g/mol. The van der Waals surface area contributed by atoms with Gasteiger partial charge in [-0.25, -0.2) is 8.42 Å². The van der Waals surface area contributed by atoms with Crippen LogP contribution in [0.5, 0.6) is 0 Å². The molecule has 16 heavy (non-hydrogen) atoms. The van der Waals surface area contributed by atoms with Crippen molar-refractivity contribution in [2.75, 3.05) is 5.75 Å². The topological polar surface area (TPSA) is 82.7 Å². The predicted octanol–water partition coefficient (Wildman–Crippen LogP) is 1.13. The molecule has 2 fully saturated rings. The van der Waals surface area contributed by atoms with Crippen molar-refractivity contribution >= 4 is 25.5 Å². The molecule has 2 N–H and O–H groups in total. The van der Waals surface area contributed by atoms with Crippen LogP contribution >= 0.6 is 10.7 Å². The van der Waals surface area contributed by atoms with E-state index in [1.807, 2.05) is 13.8 Å². The Morgan fingerprint density at radius 2 is 2.00 bits per heavy atom. The van der Waals surface area contributed by atoms with Gasteiger partial charge in [0.25, 0.3) is 0 Å². The smallest absolute Gasteiger partial charge is 0.233 e. The van der Waals surface area contributed by atoms with Crippen molar-refractivity contribution in [1.82, 2.24) is 0 Å². The molecule has 0 saturated heterocycles. The average molecular weight is 269 g/mol. The summed E-state index contributed by atoms with van der Waals surface area (Å²) in [4.78, 5) is 11.9. The third-order valence-electron chi connectivity index (χ3n) is 4.56. The Balaban J connectivity index is 0.00000128. The maximum absolute atomic E-state index is 11.9. The molecule has 0 aromatic carbocycles. The second kappa shape index (κ2) is 3.68. The zero-order valence-corrected chi connectivity index (χ0v) is 11.0. The summed E-state index contributed by atoms with van der Waals surface area (Å²) < 4.78 is 22.4. The van der Waals surface area contributed by atoms with E-state index in [0.29, 0.717) is 18.8 Å². The van der Waals surface area contributed by atoms with Gasteiger partial charge in [-0.15, -0.1) is 0 Å². The number of fused-ring (bicyclic) bond motifs is 2. The van der Waals surface area contributed by atoms with Crippen LogP contribution in [0.1, 0.15) is 33.1 Å².